The monoisotopic (exact) mass is 395 g/mol. The fraction of sp³-hybridized carbons (Fsp3) is 0.368. The maximum atomic E-state index is 12.7. The van der Waals surface area contributed by atoms with Crippen LogP contribution in [-0.4, -0.2) is 24.6 Å². The van der Waals surface area contributed by atoms with Crippen LogP contribution >= 0.6 is 22.9 Å². The average molecular weight is 396 g/mol. The molecule has 1 aromatic carbocycles. The third-order valence-corrected chi connectivity index (χ3v) is 5.01. The molecule has 140 valence electrons. The topological polar surface area (TPSA) is 64.6 Å². The predicted molar refractivity (Wildman–Crippen MR) is 104 cm³/mol. The van der Waals surface area contributed by atoms with Crippen LogP contribution in [0.3, 0.4) is 0 Å². The zero-order valence-electron chi connectivity index (χ0n) is 15.2. The highest BCUT2D eigenvalue weighted by molar-refractivity contribution is 7.16. The Morgan fingerprint density at radius 1 is 1.23 bits per heavy atom. The molecule has 1 N–H and O–H groups in total. The lowest BCUT2D eigenvalue weighted by Gasteiger charge is -2.25. The Balaban J connectivity index is 2.19. The number of hydrogen-bond acceptors (Lipinski definition) is 5. The highest BCUT2D eigenvalue weighted by Crippen LogP contribution is 2.31. The summed E-state index contributed by atoms with van der Waals surface area (Å²) in [5, 5.41) is 3.86. The van der Waals surface area contributed by atoms with Gasteiger partial charge in [0.2, 0.25) is 0 Å². The van der Waals surface area contributed by atoms with Crippen LogP contribution < -0.4 is 10.1 Å². The van der Waals surface area contributed by atoms with Crippen LogP contribution in [0, 0.1) is 0 Å². The SMILES string of the molecule is CCCc1cc(C(=O)OC)c(NC(=O)C(C)(C)Oc2ccc(Cl)cc2)s1. The molecule has 0 fully saturated rings. The quantitative estimate of drug-likeness (QED) is 0.674. The lowest BCUT2D eigenvalue weighted by atomic mass is 10.1. The number of anilines is 1. The minimum atomic E-state index is -1.14. The van der Waals surface area contributed by atoms with Crippen LogP contribution in [0.5, 0.6) is 5.75 Å². The van der Waals surface area contributed by atoms with Crippen LogP contribution in [0.1, 0.15) is 42.4 Å². The molecule has 0 saturated carbocycles. The highest BCUT2D eigenvalue weighted by Gasteiger charge is 2.32. The van der Waals surface area contributed by atoms with E-state index in [4.69, 9.17) is 21.1 Å². The van der Waals surface area contributed by atoms with Gasteiger partial charge in [0.15, 0.2) is 5.60 Å². The largest absolute Gasteiger partial charge is 0.478 e. The number of benzene rings is 1. The van der Waals surface area contributed by atoms with Gasteiger partial charge in [0.1, 0.15) is 10.8 Å². The van der Waals surface area contributed by atoms with E-state index in [9.17, 15) is 9.59 Å². The zero-order valence-corrected chi connectivity index (χ0v) is 16.8. The van der Waals surface area contributed by atoms with Gasteiger partial charge >= 0.3 is 5.97 Å². The summed E-state index contributed by atoms with van der Waals surface area (Å²) in [5.41, 5.74) is -0.785. The van der Waals surface area contributed by atoms with Crippen molar-refractivity contribution in [2.45, 2.75) is 39.2 Å². The number of amides is 1. The number of carbonyl (C=O) groups excluding carboxylic acids is 2. The van der Waals surface area contributed by atoms with Crippen LogP contribution in [-0.2, 0) is 16.0 Å². The van der Waals surface area contributed by atoms with E-state index in [0.717, 1.165) is 17.7 Å². The molecule has 0 radical (unpaired) electrons. The van der Waals surface area contributed by atoms with Gasteiger partial charge in [-0.1, -0.05) is 24.9 Å². The lowest BCUT2D eigenvalue weighted by Crippen LogP contribution is -2.42. The highest BCUT2D eigenvalue weighted by atomic mass is 35.5. The second kappa shape index (κ2) is 8.56. The van der Waals surface area contributed by atoms with Crippen molar-refractivity contribution in [3.8, 4) is 5.75 Å². The van der Waals surface area contributed by atoms with Crippen molar-refractivity contribution < 1.29 is 19.1 Å². The summed E-state index contributed by atoms with van der Waals surface area (Å²) in [6, 6.07) is 8.54. The Hall–Kier alpha value is -2.05. The predicted octanol–water partition coefficient (Wildman–Crippen LogP) is 4.94. The number of methoxy groups -OCH3 is 1. The smallest absolute Gasteiger partial charge is 0.340 e. The van der Waals surface area contributed by atoms with Crippen LogP contribution in [0.15, 0.2) is 30.3 Å². The van der Waals surface area contributed by atoms with Gasteiger partial charge < -0.3 is 14.8 Å². The third kappa shape index (κ3) is 4.99. The minimum absolute atomic E-state index is 0.358. The van der Waals surface area contributed by atoms with E-state index in [2.05, 4.69) is 12.2 Å². The molecule has 2 rings (SSSR count). The first-order chi connectivity index (χ1) is 12.3. The van der Waals surface area contributed by atoms with E-state index in [1.54, 1.807) is 44.2 Å². The molecular formula is C19H22ClNO4S. The maximum absolute atomic E-state index is 12.7. The Morgan fingerprint density at radius 2 is 1.88 bits per heavy atom. The second-order valence-electron chi connectivity index (χ2n) is 6.22. The summed E-state index contributed by atoms with van der Waals surface area (Å²) in [4.78, 5) is 25.7. The molecule has 0 aliphatic heterocycles. The third-order valence-electron chi connectivity index (χ3n) is 3.65. The van der Waals surface area contributed by atoms with E-state index in [-0.39, 0.29) is 5.91 Å². The summed E-state index contributed by atoms with van der Waals surface area (Å²) < 4.78 is 10.6. The average Bonchev–Trinajstić information content (AvgIpc) is 2.99. The number of carbonyl (C=O) groups is 2. The molecule has 0 saturated heterocycles. The molecule has 26 heavy (non-hydrogen) atoms. The Labute approximate surface area is 162 Å². The van der Waals surface area contributed by atoms with Crippen molar-refractivity contribution in [2.75, 3.05) is 12.4 Å². The number of hydrogen-bond donors (Lipinski definition) is 1. The molecule has 1 aromatic heterocycles. The van der Waals surface area contributed by atoms with Gasteiger partial charge in [-0.2, -0.15) is 0 Å². The maximum Gasteiger partial charge on any atom is 0.340 e. The Kier molecular flexibility index (Phi) is 6.67. The Morgan fingerprint density at radius 3 is 2.46 bits per heavy atom. The van der Waals surface area contributed by atoms with Gasteiger partial charge in [-0.3, -0.25) is 4.79 Å². The molecule has 7 heteroatoms. The molecule has 0 atom stereocenters. The number of nitrogens with one attached hydrogen (secondary N) is 1. The van der Waals surface area contributed by atoms with E-state index in [0.29, 0.717) is 21.3 Å². The second-order valence-corrected chi connectivity index (χ2v) is 7.79. The lowest BCUT2D eigenvalue weighted by molar-refractivity contribution is -0.128. The number of esters is 1. The number of aryl methyl sites for hydroxylation is 1. The molecule has 0 aliphatic rings. The minimum Gasteiger partial charge on any atom is -0.478 e. The summed E-state index contributed by atoms with van der Waals surface area (Å²) in [5.74, 6) is -0.307. The van der Waals surface area contributed by atoms with Gasteiger partial charge in [0.25, 0.3) is 5.91 Å². The van der Waals surface area contributed by atoms with Crippen LogP contribution in [0.4, 0.5) is 5.00 Å². The first-order valence-electron chi connectivity index (χ1n) is 8.24. The molecule has 5 nitrogen and oxygen atoms in total. The molecule has 0 bridgehead atoms. The number of halogens is 1. The fourth-order valence-corrected chi connectivity index (χ4v) is 3.53. The van der Waals surface area contributed by atoms with Crippen LogP contribution in [0.25, 0.3) is 0 Å². The standard InChI is InChI=1S/C19H22ClNO4S/c1-5-6-14-11-15(17(22)24-4)16(26-14)21-18(23)19(2,3)25-13-9-7-12(20)8-10-13/h7-11H,5-6H2,1-4H3,(H,21,23). The normalized spacial score (nSPS) is 11.1. The number of thiophene rings is 1. The van der Waals surface area contributed by atoms with Gasteiger partial charge in [0, 0.05) is 9.90 Å². The van der Waals surface area contributed by atoms with Crippen molar-refractivity contribution in [3.63, 3.8) is 0 Å². The molecule has 1 amide bonds. The van der Waals surface area contributed by atoms with Crippen molar-refractivity contribution in [3.05, 3.63) is 45.8 Å². The number of rotatable bonds is 7. The molecule has 2 aromatic rings. The molecule has 0 unspecified atom stereocenters. The molecule has 0 spiro atoms. The van der Waals surface area contributed by atoms with Gasteiger partial charge in [0.05, 0.1) is 12.7 Å². The van der Waals surface area contributed by atoms with Crippen molar-refractivity contribution >= 4 is 39.8 Å². The van der Waals surface area contributed by atoms with E-state index in [1.807, 2.05) is 0 Å². The first-order valence-corrected chi connectivity index (χ1v) is 9.43. The summed E-state index contributed by atoms with van der Waals surface area (Å²) in [7, 11) is 1.32. The van der Waals surface area contributed by atoms with Gasteiger partial charge in [-0.25, -0.2) is 4.79 Å². The van der Waals surface area contributed by atoms with Crippen LogP contribution in [0.2, 0.25) is 5.02 Å². The fourth-order valence-electron chi connectivity index (χ4n) is 2.26. The number of ether oxygens (including phenoxy) is 2. The van der Waals surface area contributed by atoms with E-state index < -0.39 is 11.6 Å². The molecule has 1 heterocycles. The summed E-state index contributed by atoms with van der Waals surface area (Å²) in [6.45, 7) is 5.38. The Bertz CT molecular complexity index is 783. The van der Waals surface area contributed by atoms with Gasteiger partial charge in [-0.15, -0.1) is 11.3 Å². The summed E-state index contributed by atoms with van der Waals surface area (Å²) in [6.07, 6.45) is 1.77. The van der Waals surface area contributed by atoms with Crippen molar-refractivity contribution in [1.29, 1.82) is 0 Å². The van der Waals surface area contributed by atoms with E-state index >= 15 is 0 Å². The first kappa shape index (κ1) is 20.3. The van der Waals surface area contributed by atoms with Crippen molar-refractivity contribution in [1.82, 2.24) is 0 Å². The van der Waals surface area contributed by atoms with Gasteiger partial charge in [-0.05, 0) is 50.6 Å². The van der Waals surface area contributed by atoms with E-state index in [1.165, 1.54) is 18.4 Å². The summed E-state index contributed by atoms with van der Waals surface area (Å²) >= 11 is 7.24. The molecular weight excluding hydrogens is 374 g/mol. The molecule has 0 aliphatic carbocycles. The zero-order chi connectivity index (χ0) is 19.3. The van der Waals surface area contributed by atoms with Crippen molar-refractivity contribution in [2.24, 2.45) is 0 Å².